The molecule has 1 spiro atoms. The maximum atomic E-state index is 14.6. The van der Waals surface area contributed by atoms with Crippen LogP contribution in [0, 0.1) is 5.92 Å². The zero-order chi connectivity index (χ0) is 26.9. The van der Waals surface area contributed by atoms with E-state index >= 15 is 0 Å². The molecule has 0 unspecified atom stereocenters. The third-order valence-electron chi connectivity index (χ3n) is 9.57. The van der Waals surface area contributed by atoms with E-state index in [-0.39, 0.29) is 23.3 Å². The van der Waals surface area contributed by atoms with Crippen molar-refractivity contribution in [1.82, 2.24) is 20.2 Å². The van der Waals surface area contributed by atoms with Crippen LogP contribution in [-0.4, -0.2) is 40.4 Å². The molecule has 1 N–H and O–H groups in total. The number of aryl methyl sites for hydroxylation is 1. The van der Waals surface area contributed by atoms with Gasteiger partial charge in [-0.3, -0.25) is 4.79 Å². The van der Waals surface area contributed by atoms with Gasteiger partial charge < -0.3 is 10.2 Å². The molecule has 3 aliphatic rings. The fourth-order valence-electron chi connectivity index (χ4n) is 7.53. The Labute approximate surface area is 236 Å². The van der Waals surface area contributed by atoms with Crippen molar-refractivity contribution in [2.45, 2.75) is 49.5 Å². The lowest BCUT2D eigenvalue weighted by atomic mass is 9.65. The van der Waals surface area contributed by atoms with Crippen LogP contribution in [0.3, 0.4) is 0 Å². The van der Waals surface area contributed by atoms with Crippen LogP contribution in [0.25, 0.3) is 11.4 Å². The summed E-state index contributed by atoms with van der Waals surface area (Å²) in [6.45, 7) is 2.29. The summed E-state index contributed by atoms with van der Waals surface area (Å²) in [7, 11) is 0. The highest BCUT2D eigenvalue weighted by Crippen LogP contribution is 2.47. The predicted molar refractivity (Wildman–Crippen MR) is 158 cm³/mol. The predicted octanol–water partition coefficient (Wildman–Crippen LogP) is 6.08. The summed E-state index contributed by atoms with van der Waals surface area (Å²) in [6, 6.07) is 31.7. The van der Waals surface area contributed by atoms with Crippen molar-refractivity contribution in [3.8, 4) is 11.4 Å². The Kier molecular flexibility index (Phi) is 6.68. The molecule has 4 aromatic rings. The highest BCUT2D eigenvalue weighted by molar-refractivity contribution is 5.82. The fourth-order valence-corrected chi connectivity index (χ4v) is 7.53. The SMILES string of the molecule is O=C([C@@H]1CNC[C@]12CCCc1nc(-c3ccccc3)ncc12)N1CC[C@@H](c2ccccc2)C[C@H]1c1ccccc1. The van der Waals surface area contributed by atoms with Crippen molar-refractivity contribution < 1.29 is 4.79 Å². The van der Waals surface area contributed by atoms with Crippen LogP contribution in [-0.2, 0) is 16.6 Å². The molecule has 1 aliphatic carbocycles. The molecule has 0 bridgehead atoms. The third-order valence-corrected chi connectivity index (χ3v) is 9.57. The Morgan fingerprint density at radius 3 is 2.35 bits per heavy atom. The molecule has 1 aromatic heterocycles. The Morgan fingerprint density at radius 1 is 0.900 bits per heavy atom. The van der Waals surface area contributed by atoms with E-state index in [1.165, 1.54) is 16.7 Å². The molecule has 2 aliphatic heterocycles. The van der Waals surface area contributed by atoms with E-state index in [1.807, 2.05) is 24.4 Å². The third kappa shape index (κ3) is 4.43. The average molecular weight is 529 g/mol. The number of likely N-dealkylation sites (tertiary alicyclic amines) is 1. The standard InChI is InChI=1S/C35H36N4O/c40-34(39-20-18-28(25-11-4-1-5-12-25)21-32(39)26-13-6-2-7-14-26)30-22-36-24-35(30)19-10-17-31-29(35)23-37-33(38-31)27-15-8-3-9-16-27/h1-9,11-16,23,28,30,32,36H,10,17-22,24H2/t28-,30+,32+,35+/m1/s1. The van der Waals surface area contributed by atoms with Gasteiger partial charge in [-0.2, -0.15) is 0 Å². The van der Waals surface area contributed by atoms with Gasteiger partial charge in [-0.25, -0.2) is 9.97 Å². The van der Waals surface area contributed by atoms with E-state index in [9.17, 15) is 4.79 Å². The second-order valence-corrected chi connectivity index (χ2v) is 11.7. The molecule has 40 heavy (non-hydrogen) atoms. The summed E-state index contributed by atoms with van der Waals surface area (Å²) in [6.07, 6.45) is 6.96. The Morgan fingerprint density at radius 2 is 1.60 bits per heavy atom. The van der Waals surface area contributed by atoms with E-state index in [0.29, 0.717) is 12.5 Å². The summed E-state index contributed by atoms with van der Waals surface area (Å²) < 4.78 is 0. The van der Waals surface area contributed by atoms with Crippen molar-refractivity contribution in [1.29, 1.82) is 0 Å². The summed E-state index contributed by atoms with van der Waals surface area (Å²) in [5, 5.41) is 3.63. The molecule has 3 heterocycles. The van der Waals surface area contributed by atoms with Crippen molar-refractivity contribution in [3.05, 3.63) is 120 Å². The number of nitrogens with zero attached hydrogens (tertiary/aromatic N) is 3. The van der Waals surface area contributed by atoms with Gasteiger partial charge in [0.15, 0.2) is 5.82 Å². The van der Waals surface area contributed by atoms with Gasteiger partial charge in [-0.15, -0.1) is 0 Å². The van der Waals surface area contributed by atoms with Gasteiger partial charge in [0.1, 0.15) is 0 Å². The highest BCUT2D eigenvalue weighted by atomic mass is 16.2. The number of piperidine rings is 1. The number of aromatic nitrogens is 2. The van der Waals surface area contributed by atoms with Crippen molar-refractivity contribution in [2.24, 2.45) is 5.92 Å². The molecule has 4 atom stereocenters. The number of nitrogens with one attached hydrogen (secondary N) is 1. The lowest BCUT2D eigenvalue weighted by Crippen LogP contribution is -2.50. The van der Waals surface area contributed by atoms with Crippen molar-refractivity contribution in [3.63, 3.8) is 0 Å². The lowest BCUT2D eigenvalue weighted by Gasteiger charge is -2.45. The summed E-state index contributed by atoms with van der Waals surface area (Å²) in [5.41, 5.74) is 5.69. The molecule has 202 valence electrons. The molecule has 3 aromatic carbocycles. The van der Waals surface area contributed by atoms with E-state index in [4.69, 9.17) is 9.97 Å². The van der Waals surface area contributed by atoms with Crippen LogP contribution >= 0.6 is 0 Å². The van der Waals surface area contributed by atoms with Crippen molar-refractivity contribution in [2.75, 3.05) is 19.6 Å². The van der Waals surface area contributed by atoms with E-state index in [0.717, 1.165) is 62.3 Å². The average Bonchev–Trinajstić information content (AvgIpc) is 3.45. The summed E-state index contributed by atoms with van der Waals surface area (Å²) >= 11 is 0. The molecule has 2 fully saturated rings. The first-order valence-electron chi connectivity index (χ1n) is 14.8. The largest absolute Gasteiger partial charge is 0.335 e. The summed E-state index contributed by atoms with van der Waals surface area (Å²) in [4.78, 5) is 26.7. The second-order valence-electron chi connectivity index (χ2n) is 11.7. The fraction of sp³-hybridized carbons (Fsp3) is 0.343. The molecule has 0 radical (unpaired) electrons. The van der Waals surface area contributed by atoms with Crippen LogP contribution in [0.2, 0.25) is 0 Å². The molecule has 5 nitrogen and oxygen atoms in total. The highest BCUT2D eigenvalue weighted by Gasteiger charge is 2.52. The molecular weight excluding hydrogens is 492 g/mol. The van der Waals surface area contributed by atoms with Crippen LogP contribution in [0.4, 0.5) is 0 Å². The van der Waals surface area contributed by atoms with Gasteiger partial charge in [0.2, 0.25) is 5.91 Å². The van der Waals surface area contributed by atoms with Crippen LogP contribution in [0.15, 0.2) is 97.2 Å². The number of hydrogen-bond acceptors (Lipinski definition) is 4. The quantitative estimate of drug-likeness (QED) is 0.349. The minimum Gasteiger partial charge on any atom is -0.335 e. The molecular formula is C35H36N4O. The zero-order valence-electron chi connectivity index (χ0n) is 22.9. The van der Waals surface area contributed by atoms with Crippen LogP contribution < -0.4 is 5.32 Å². The van der Waals surface area contributed by atoms with E-state index in [2.05, 4.69) is 83.0 Å². The van der Waals surface area contributed by atoms with Gasteiger partial charge in [-0.1, -0.05) is 91.0 Å². The maximum absolute atomic E-state index is 14.6. The first kappa shape index (κ1) is 25.2. The number of amides is 1. The van der Waals surface area contributed by atoms with Crippen LogP contribution in [0.5, 0.6) is 0 Å². The number of rotatable bonds is 4. The molecule has 0 saturated carbocycles. The zero-order valence-corrected chi connectivity index (χ0v) is 22.9. The number of benzene rings is 3. The normalized spacial score (nSPS) is 26.0. The van der Waals surface area contributed by atoms with Gasteiger partial charge in [0.25, 0.3) is 0 Å². The van der Waals surface area contributed by atoms with Gasteiger partial charge in [0, 0.05) is 48.1 Å². The second kappa shape index (κ2) is 10.6. The molecule has 7 rings (SSSR count). The first-order valence-corrected chi connectivity index (χ1v) is 14.8. The smallest absolute Gasteiger partial charge is 0.228 e. The van der Waals surface area contributed by atoms with E-state index < -0.39 is 0 Å². The Balaban J connectivity index is 1.21. The monoisotopic (exact) mass is 528 g/mol. The van der Waals surface area contributed by atoms with Crippen LogP contribution in [0.1, 0.15) is 60.0 Å². The molecule has 1 amide bonds. The topological polar surface area (TPSA) is 58.1 Å². The van der Waals surface area contributed by atoms with Gasteiger partial charge in [0.05, 0.1) is 12.0 Å². The number of carbonyl (C=O) groups is 1. The maximum Gasteiger partial charge on any atom is 0.228 e. The first-order chi connectivity index (χ1) is 19.7. The van der Waals surface area contributed by atoms with E-state index in [1.54, 1.807) is 0 Å². The number of carbonyl (C=O) groups excluding carboxylic acids is 1. The Bertz CT molecular complexity index is 1480. The summed E-state index contributed by atoms with van der Waals surface area (Å²) in [5.74, 6) is 1.39. The minimum absolute atomic E-state index is 0.0741. The Hall–Kier alpha value is -3.83. The van der Waals surface area contributed by atoms with Crippen molar-refractivity contribution >= 4 is 5.91 Å². The lowest BCUT2D eigenvalue weighted by molar-refractivity contribution is -0.141. The van der Waals surface area contributed by atoms with Gasteiger partial charge in [-0.05, 0) is 49.1 Å². The number of hydrogen-bond donors (Lipinski definition) is 1. The minimum atomic E-state index is -0.253. The molecule has 2 saturated heterocycles. The number of fused-ring (bicyclic) bond motifs is 2. The van der Waals surface area contributed by atoms with Gasteiger partial charge >= 0.3 is 0 Å². The molecule has 5 heteroatoms.